The predicted molar refractivity (Wildman–Crippen MR) is 145 cm³/mol. The van der Waals surface area contributed by atoms with Gasteiger partial charge in [-0.25, -0.2) is 4.79 Å². The maximum atomic E-state index is 12.0. The van der Waals surface area contributed by atoms with Crippen LogP contribution in [0.25, 0.3) is 10.9 Å². The van der Waals surface area contributed by atoms with Crippen LogP contribution < -0.4 is 4.74 Å². The van der Waals surface area contributed by atoms with Gasteiger partial charge in [0.25, 0.3) is 0 Å². The summed E-state index contributed by atoms with van der Waals surface area (Å²) in [6.07, 6.45) is 0. The van der Waals surface area contributed by atoms with Gasteiger partial charge in [0.1, 0.15) is 23.9 Å². The normalized spacial score (nSPS) is 11.7. The van der Waals surface area contributed by atoms with Crippen molar-refractivity contribution in [3.8, 4) is 11.5 Å². The first-order chi connectivity index (χ1) is 16.7. The van der Waals surface area contributed by atoms with Crippen LogP contribution in [0.4, 0.5) is 0 Å². The first-order valence-electron chi connectivity index (χ1n) is 11.3. The zero-order chi connectivity index (χ0) is 25.0. The number of carboxylic acids is 1. The van der Waals surface area contributed by atoms with Crippen LogP contribution in [-0.4, -0.2) is 30.3 Å². The molecule has 0 aliphatic rings. The minimum atomic E-state index is -1.24. The highest BCUT2D eigenvalue weighted by Gasteiger charge is 2.19. The number of benzene rings is 3. The molecule has 0 aliphatic heterocycles. The van der Waals surface area contributed by atoms with Gasteiger partial charge in [-0.15, -0.1) is 0 Å². The zero-order valence-electron chi connectivity index (χ0n) is 20.0. The molecule has 0 fully saturated rings. The molecule has 182 valence electrons. The smallest absolute Gasteiger partial charge is 0.352 e. The molecule has 0 saturated heterocycles. The summed E-state index contributed by atoms with van der Waals surface area (Å²) in [4.78, 5) is 13.9. The number of halogens is 1. The number of fused-ring (bicyclic) bond motifs is 1. The Hall–Kier alpha value is -2.71. The quantitative estimate of drug-likeness (QED) is 0.167. The molecule has 0 aliphatic carbocycles. The summed E-state index contributed by atoms with van der Waals surface area (Å²) in [7, 11) is -1.24. The predicted octanol–water partition coefficient (Wildman–Crippen LogP) is 8.25. The second kappa shape index (κ2) is 10.9. The van der Waals surface area contributed by atoms with Crippen LogP contribution in [0.5, 0.6) is 11.5 Å². The molecular weight excluding hydrogens is 498 g/mol. The lowest BCUT2D eigenvalue weighted by Crippen LogP contribution is -2.22. The van der Waals surface area contributed by atoms with Gasteiger partial charge in [-0.1, -0.05) is 61.2 Å². The summed E-state index contributed by atoms with van der Waals surface area (Å²) >= 11 is 7.99. The Labute approximate surface area is 215 Å². The number of para-hydroxylation sites is 1. The van der Waals surface area contributed by atoms with Crippen molar-refractivity contribution < 1.29 is 19.4 Å². The fourth-order valence-electron chi connectivity index (χ4n) is 3.55. The zero-order valence-corrected chi connectivity index (χ0v) is 22.5. The summed E-state index contributed by atoms with van der Waals surface area (Å²) in [5, 5.41) is 11.2. The number of ether oxygens (including phenoxy) is 2. The molecular formula is C27H28ClNO4SSi. The van der Waals surface area contributed by atoms with E-state index in [1.165, 1.54) is 11.8 Å². The summed E-state index contributed by atoms with van der Waals surface area (Å²) in [6.45, 7) is 7.63. The average Bonchev–Trinajstić information content (AvgIpc) is 3.17. The summed E-state index contributed by atoms with van der Waals surface area (Å²) in [5.41, 5.74) is 0.929. The van der Waals surface area contributed by atoms with Crippen molar-refractivity contribution in [3.63, 3.8) is 0 Å². The summed E-state index contributed by atoms with van der Waals surface area (Å²) in [5.74, 6) is 0.523. The number of hydrogen-bond donors (Lipinski definition) is 1. The molecule has 0 unspecified atom stereocenters. The van der Waals surface area contributed by atoms with E-state index in [9.17, 15) is 9.90 Å². The molecule has 4 rings (SSSR count). The van der Waals surface area contributed by atoms with E-state index in [1.54, 1.807) is 16.7 Å². The van der Waals surface area contributed by atoms with Crippen molar-refractivity contribution in [2.75, 3.05) is 6.61 Å². The van der Waals surface area contributed by atoms with Crippen molar-refractivity contribution in [3.05, 3.63) is 83.5 Å². The maximum absolute atomic E-state index is 12.0. The average molecular weight is 526 g/mol. The monoisotopic (exact) mass is 525 g/mol. The van der Waals surface area contributed by atoms with E-state index in [4.69, 9.17) is 21.1 Å². The number of carbonyl (C=O) groups is 1. The van der Waals surface area contributed by atoms with Crippen LogP contribution in [0.15, 0.2) is 82.6 Å². The molecule has 1 N–H and O–H groups in total. The first kappa shape index (κ1) is 25.4. The third-order valence-corrected chi connectivity index (χ3v) is 8.40. The largest absolute Gasteiger partial charge is 0.477 e. The Bertz CT molecular complexity index is 1320. The van der Waals surface area contributed by atoms with E-state index in [0.29, 0.717) is 11.6 Å². The van der Waals surface area contributed by atoms with E-state index < -0.39 is 14.0 Å². The molecule has 1 heterocycles. The van der Waals surface area contributed by atoms with Crippen LogP contribution >= 0.6 is 23.4 Å². The van der Waals surface area contributed by atoms with Gasteiger partial charge in [0.2, 0.25) is 0 Å². The van der Waals surface area contributed by atoms with Crippen LogP contribution in [0.1, 0.15) is 10.5 Å². The lowest BCUT2D eigenvalue weighted by molar-refractivity contribution is 0.0630. The van der Waals surface area contributed by atoms with Crippen molar-refractivity contribution in [1.82, 2.24) is 4.57 Å². The molecule has 5 nitrogen and oxygen atoms in total. The van der Waals surface area contributed by atoms with Gasteiger partial charge in [-0.2, -0.15) is 0 Å². The van der Waals surface area contributed by atoms with Crippen molar-refractivity contribution in [1.29, 1.82) is 0 Å². The van der Waals surface area contributed by atoms with Gasteiger partial charge in [0, 0.05) is 34.9 Å². The van der Waals surface area contributed by atoms with Gasteiger partial charge in [-0.05, 0) is 60.6 Å². The van der Waals surface area contributed by atoms with E-state index in [0.717, 1.165) is 38.2 Å². The van der Waals surface area contributed by atoms with E-state index in [-0.39, 0.29) is 12.4 Å². The second-order valence-corrected chi connectivity index (χ2v) is 16.6. The van der Waals surface area contributed by atoms with Crippen molar-refractivity contribution in [2.24, 2.45) is 0 Å². The van der Waals surface area contributed by atoms with Gasteiger partial charge in [0.05, 0.1) is 5.52 Å². The van der Waals surface area contributed by atoms with E-state index >= 15 is 0 Å². The Kier molecular flexibility index (Phi) is 7.91. The fourth-order valence-corrected chi connectivity index (χ4v) is 5.57. The molecule has 0 spiro atoms. The lowest BCUT2D eigenvalue weighted by atomic mass is 10.2. The van der Waals surface area contributed by atoms with Crippen LogP contribution in [0.2, 0.25) is 30.7 Å². The Morgan fingerprint density at radius 2 is 1.69 bits per heavy atom. The number of nitrogens with zero attached hydrogens (tertiary/aromatic N) is 1. The van der Waals surface area contributed by atoms with Crippen LogP contribution in [0, 0.1) is 0 Å². The van der Waals surface area contributed by atoms with Crippen LogP contribution in [-0.2, 0) is 11.5 Å². The molecule has 3 aromatic carbocycles. The number of carboxylic acid groups (broad SMARTS) is 1. The number of aromatic nitrogens is 1. The molecule has 4 aromatic rings. The number of rotatable bonds is 10. The molecule has 0 radical (unpaired) electrons. The minimum absolute atomic E-state index is 0.172. The highest BCUT2D eigenvalue weighted by molar-refractivity contribution is 7.99. The summed E-state index contributed by atoms with van der Waals surface area (Å²) < 4.78 is 13.4. The molecule has 8 heteroatoms. The SMILES string of the molecule is C[Si](C)(C)CCOCn1c(C(=O)O)cc2c(Sc3ccc(Oc4ccccc4)cc3)cc(Cl)cc21. The molecule has 0 amide bonds. The van der Waals surface area contributed by atoms with Gasteiger partial charge >= 0.3 is 5.97 Å². The fraction of sp³-hybridized carbons (Fsp3) is 0.222. The third-order valence-electron chi connectivity index (χ3n) is 5.41. The minimum Gasteiger partial charge on any atom is -0.477 e. The van der Waals surface area contributed by atoms with Gasteiger partial charge in [0.15, 0.2) is 0 Å². The molecule has 0 bridgehead atoms. The lowest BCUT2D eigenvalue weighted by Gasteiger charge is -2.16. The maximum Gasteiger partial charge on any atom is 0.352 e. The third kappa shape index (κ3) is 6.70. The Balaban J connectivity index is 1.57. The van der Waals surface area contributed by atoms with Gasteiger partial charge in [-0.3, -0.25) is 0 Å². The molecule has 0 saturated carbocycles. The van der Waals surface area contributed by atoms with E-state index in [2.05, 4.69) is 19.6 Å². The van der Waals surface area contributed by atoms with E-state index in [1.807, 2.05) is 60.7 Å². The van der Waals surface area contributed by atoms with Gasteiger partial charge < -0.3 is 19.1 Å². The summed E-state index contributed by atoms with van der Waals surface area (Å²) in [6, 6.07) is 23.8. The Morgan fingerprint density at radius 1 is 1.00 bits per heavy atom. The Morgan fingerprint density at radius 3 is 2.34 bits per heavy atom. The van der Waals surface area contributed by atoms with Crippen molar-refractivity contribution >= 4 is 48.3 Å². The number of aromatic carboxylic acids is 1. The molecule has 35 heavy (non-hydrogen) atoms. The molecule has 1 aromatic heterocycles. The van der Waals surface area contributed by atoms with Crippen molar-refractivity contribution in [2.45, 2.75) is 42.2 Å². The second-order valence-electron chi connectivity index (χ2n) is 9.44. The highest BCUT2D eigenvalue weighted by Crippen LogP contribution is 2.38. The standard InChI is InChI=1S/C27H28ClNO4SSi/c1-35(2,3)14-13-32-18-29-24-15-19(28)16-26(23(24)17-25(29)27(30)31)34-22-11-9-21(10-12-22)33-20-7-5-4-6-8-20/h4-12,15-17H,13-14,18H2,1-3H3,(H,30,31). The molecule has 0 atom stereocenters. The first-order valence-corrected chi connectivity index (χ1v) is 16.2. The number of hydrogen-bond acceptors (Lipinski definition) is 4. The van der Waals surface area contributed by atoms with Crippen LogP contribution in [0.3, 0.4) is 0 Å². The highest BCUT2D eigenvalue weighted by atomic mass is 35.5. The topological polar surface area (TPSA) is 60.7 Å².